The van der Waals surface area contributed by atoms with E-state index in [4.69, 9.17) is 11.6 Å². The maximum absolute atomic E-state index is 13.1. The predicted molar refractivity (Wildman–Crippen MR) is 103 cm³/mol. The molecule has 0 amide bonds. The molecular formula is C16H19ClN2O4S3. The van der Waals surface area contributed by atoms with E-state index in [2.05, 4.69) is 11.9 Å². The molecule has 2 heterocycles. The van der Waals surface area contributed by atoms with Crippen molar-refractivity contribution < 1.29 is 16.8 Å². The van der Waals surface area contributed by atoms with Crippen molar-refractivity contribution in [2.24, 2.45) is 5.92 Å². The fraction of sp³-hybridized carbons (Fsp3) is 0.438. The first kappa shape index (κ1) is 19.6. The largest absolute Gasteiger partial charge is 0.361 e. The molecule has 0 radical (unpaired) electrons. The number of piperidine rings is 1. The lowest BCUT2D eigenvalue weighted by atomic mass is 10.0. The van der Waals surface area contributed by atoms with E-state index in [0.29, 0.717) is 29.0 Å². The van der Waals surface area contributed by atoms with Crippen LogP contribution in [0.3, 0.4) is 0 Å². The standard InChI is InChI=1S/C16H19ClN2O4S3/c1-11-4-3-9-19(10-11)15-14(18-16(24-15)25(2,20)21)26(22,23)13-7-5-12(17)6-8-13/h5-8,11H,3-4,9-10H2,1-2H3/t11-/m0/s1. The fourth-order valence-corrected chi connectivity index (χ4v) is 6.73. The molecule has 1 saturated heterocycles. The molecule has 0 saturated carbocycles. The lowest BCUT2D eigenvalue weighted by molar-refractivity contribution is 0.446. The monoisotopic (exact) mass is 434 g/mol. The minimum absolute atomic E-state index is 0.0403. The first-order valence-electron chi connectivity index (χ1n) is 8.05. The molecule has 2 aromatic rings. The fourth-order valence-electron chi connectivity index (χ4n) is 2.91. The molecule has 0 aliphatic carbocycles. The Labute approximate surface area is 162 Å². The summed E-state index contributed by atoms with van der Waals surface area (Å²) in [5.74, 6) is 0.401. The molecule has 0 N–H and O–H groups in total. The zero-order valence-electron chi connectivity index (χ0n) is 14.3. The van der Waals surface area contributed by atoms with Crippen molar-refractivity contribution in [3.63, 3.8) is 0 Å². The van der Waals surface area contributed by atoms with Crippen molar-refractivity contribution >= 4 is 47.6 Å². The van der Waals surface area contributed by atoms with Gasteiger partial charge in [-0.3, -0.25) is 0 Å². The minimum Gasteiger partial charge on any atom is -0.361 e. The molecule has 1 fully saturated rings. The molecule has 1 aliphatic rings. The van der Waals surface area contributed by atoms with E-state index in [0.717, 1.165) is 30.4 Å². The van der Waals surface area contributed by atoms with Crippen molar-refractivity contribution in [2.45, 2.75) is 34.0 Å². The van der Waals surface area contributed by atoms with Gasteiger partial charge in [0.05, 0.1) is 4.90 Å². The number of hydrogen-bond donors (Lipinski definition) is 0. The zero-order chi connectivity index (χ0) is 19.1. The van der Waals surface area contributed by atoms with Crippen LogP contribution >= 0.6 is 22.9 Å². The summed E-state index contributed by atoms with van der Waals surface area (Å²) in [6.45, 7) is 3.45. The summed E-state index contributed by atoms with van der Waals surface area (Å²) in [4.78, 5) is 5.99. The molecule has 10 heteroatoms. The molecule has 0 unspecified atom stereocenters. The van der Waals surface area contributed by atoms with Crippen LogP contribution in [0.25, 0.3) is 0 Å². The van der Waals surface area contributed by atoms with Crippen LogP contribution in [-0.2, 0) is 19.7 Å². The topological polar surface area (TPSA) is 84.4 Å². The van der Waals surface area contributed by atoms with Crippen LogP contribution in [0, 0.1) is 5.92 Å². The second kappa shape index (κ2) is 7.10. The molecule has 26 heavy (non-hydrogen) atoms. The number of aromatic nitrogens is 1. The number of halogens is 1. The van der Waals surface area contributed by atoms with Crippen molar-refractivity contribution in [1.82, 2.24) is 4.98 Å². The number of anilines is 1. The molecule has 0 bridgehead atoms. The number of benzene rings is 1. The van der Waals surface area contributed by atoms with Gasteiger partial charge in [-0.15, -0.1) is 0 Å². The third kappa shape index (κ3) is 3.90. The molecule has 142 valence electrons. The van der Waals surface area contributed by atoms with E-state index < -0.39 is 19.7 Å². The second-order valence-corrected chi connectivity index (χ2v) is 12.0. The minimum atomic E-state index is -3.96. The highest BCUT2D eigenvalue weighted by atomic mass is 35.5. The molecule has 3 rings (SSSR count). The van der Waals surface area contributed by atoms with Gasteiger partial charge >= 0.3 is 0 Å². The lowest BCUT2D eigenvalue weighted by Gasteiger charge is -2.31. The highest BCUT2D eigenvalue weighted by molar-refractivity contribution is 7.93. The van der Waals surface area contributed by atoms with Gasteiger partial charge < -0.3 is 4.90 Å². The van der Waals surface area contributed by atoms with Crippen molar-refractivity contribution in [2.75, 3.05) is 24.2 Å². The summed E-state index contributed by atoms with van der Waals surface area (Å²) in [7, 11) is -7.57. The van der Waals surface area contributed by atoms with Crippen molar-refractivity contribution in [3.05, 3.63) is 29.3 Å². The van der Waals surface area contributed by atoms with Gasteiger partial charge in [-0.05, 0) is 43.0 Å². The Morgan fingerprint density at radius 1 is 1.19 bits per heavy atom. The first-order chi connectivity index (χ1) is 12.1. The third-order valence-corrected chi connectivity index (χ3v) is 9.06. The Bertz CT molecular complexity index is 1010. The lowest BCUT2D eigenvalue weighted by Crippen LogP contribution is -2.34. The highest BCUT2D eigenvalue weighted by Gasteiger charge is 2.32. The Kier molecular flexibility index (Phi) is 5.35. The normalized spacial score (nSPS) is 18.9. The van der Waals surface area contributed by atoms with E-state index in [9.17, 15) is 16.8 Å². The van der Waals surface area contributed by atoms with E-state index in [1.54, 1.807) is 0 Å². The molecule has 1 aromatic heterocycles. The predicted octanol–water partition coefficient (Wildman–Crippen LogP) is 3.27. The number of sulfone groups is 2. The third-order valence-electron chi connectivity index (χ3n) is 4.20. The highest BCUT2D eigenvalue weighted by Crippen LogP contribution is 2.39. The van der Waals surface area contributed by atoms with Crippen LogP contribution in [0.4, 0.5) is 5.00 Å². The summed E-state index contributed by atoms with van der Waals surface area (Å²) in [5, 5.41) is 0.621. The van der Waals surface area contributed by atoms with Crippen molar-refractivity contribution in [3.8, 4) is 0 Å². The number of nitrogens with zero attached hydrogens (tertiary/aromatic N) is 2. The number of thiazole rings is 1. The average molecular weight is 435 g/mol. The number of rotatable bonds is 4. The van der Waals surface area contributed by atoms with Crippen LogP contribution in [0.5, 0.6) is 0 Å². The molecule has 6 nitrogen and oxygen atoms in total. The second-order valence-electron chi connectivity index (χ2n) is 6.51. The summed E-state index contributed by atoms with van der Waals surface area (Å²) >= 11 is 6.77. The van der Waals surface area contributed by atoms with Crippen LogP contribution in [0.2, 0.25) is 5.02 Å². The van der Waals surface area contributed by atoms with E-state index in [-0.39, 0.29) is 14.3 Å². The zero-order valence-corrected chi connectivity index (χ0v) is 17.6. The van der Waals surface area contributed by atoms with Crippen LogP contribution in [0.15, 0.2) is 38.5 Å². The van der Waals surface area contributed by atoms with Gasteiger partial charge in [0.2, 0.25) is 24.0 Å². The van der Waals surface area contributed by atoms with Crippen molar-refractivity contribution in [1.29, 1.82) is 0 Å². The van der Waals surface area contributed by atoms with Crippen LogP contribution < -0.4 is 4.90 Å². The smallest absolute Gasteiger partial charge is 0.226 e. The average Bonchev–Trinajstić information content (AvgIpc) is 3.01. The summed E-state index contributed by atoms with van der Waals surface area (Å²) in [6, 6.07) is 5.78. The Morgan fingerprint density at radius 2 is 1.85 bits per heavy atom. The summed E-state index contributed by atoms with van der Waals surface area (Å²) < 4.78 is 50.0. The van der Waals surface area contributed by atoms with Gasteiger partial charge in [0, 0.05) is 24.4 Å². The number of hydrogen-bond acceptors (Lipinski definition) is 7. The van der Waals surface area contributed by atoms with Gasteiger partial charge in [-0.1, -0.05) is 29.9 Å². The quantitative estimate of drug-likeness (QED) is 0.734. The Hall–Kier alpha value is -1.16. The molecule has 1 aliphatic heterocycles. The van der Waals surface area contributed by atoms with Gasteiger partial charge in [0.25, 0.3) is 0 Å². The Balaban J connectivity index is 2.15. The SMILES string of the molecule is C[C@H]1CCCN(c2sc(S(C)(=O)=O)nc2S(=O)(=O)c2ccc(Cl)cc2)C1. The summed E-state index contributed by atoms with van der Waals surface area (Å²) in [6.07, 6.45) is 3.02. The van der Waals surface area contributed by atoms with E-state index in [1.807, 2.05) is 4.90 Å². The molecule has 1 aromatic carbocycles. The Morgan fingerprint density at radius 3 is 2.42 bits per heavy atom. The first-order valence-corrected chi connectivity index (χ1v) is 12.6. The van der Waals surface area contributed by atoms with Crippen LogP contribution in [-0.4, -0.2) is 41.2 Å². The van der Waals surface area contributed by atoms with E-state index in [1.165, 1.54) is 24.3 Å². The maximum Gasteiger partial charge on any atom is 0.226 e. The van der Waals surface area contributed by atoms with Gasteiger partial charge in [0.15, 0.2) is 5.03 Å². The van der Waals surface area contributed by atoms with E-state index >= 15 is 0 Å². The van der Waals surface area contributed by atoms with Gasteiger partial charge in [-0.25, -0.2) is 21.8 Å². The maximum atomic E-state index is 13.1. The van der Waals surface area contributed by atoms with Crippen LogP contribution in [0.1, 0.15) is 19.8 Å². The summed E-state index contributed by atoms with van der Waals surface area (Å²) in [5.41, 5.74) is 0. The van der Waals surface area contributed by atoms with Gasteiger partial charge in [-0.2, -0.15) is 0 Å². The molecule has 0 spiro atoms. The molecule has 1 atom stereocenters. The van der Waals surface area contributed by atoms with Gasteiger partial charge in [0.1, 0.15) is 5.00 Å². The molecular weight excluding hydrogens is 416 g/mol.